The first-order valence-corrected chi connectivity index (χ1v) is 7.08. The van der Waals surface area contributed by atoms with Gasteiger partial charge in [0.15, 0.2) is 0 Å². The Morgan fingerprint density at radius 2 is 2.31 bits per heavy atom. The molecule has 1 saturated heterocycles. The van der Waals surface area contributed by atoms with Crippen molar-refractivity contribution in [3.63, 3.8) is 0 Å². The monoisotopic (exact) mass is 305 g/mol. The Hall–Kier alpha value is -0.0600. The summed E-state index contributed by atoms with van der Waals surface area (Å²) in [6, 6.07) is 0. The van der Waals surface area contributed by atoms with E-state index in [1.165, 1.54) is 6.42 Å². The maximum Gasteiger partial charge on any atom is 0.0860 e. The van der Waals surface area contributed by atoms with Crippen LogP contribution in [0.5, 0.6) is 0 Å². The highest BCUT2D eigenvalue weighted by Gasteiger charge is 2.23. The van der Waals surface area contributed by atoms with E-state index in [2.05, 4.69) is 25.9 Å². The van der Waals surface area contributed by atoms with E-state index in [1.54, 1.807) is 0 Å². The van der Waals surface area contributed by atoms with Crippen LogP contribution in [0.25, 0.3) is 0 Å². The zero-order chi connectivity index (χ0) is 11.7. The fraction of sp³-hybridized carbons (Fsp3) is 0.727. The molecule has 0 radical (unpaired) electrons. The van der Waals surface area contributed by atoms with Gasteiger partial charge in [0.05, 0.1) is 16.4 Å². The molecule has 5 heteroatoms. The van der Waals surface area contributed by atoms with Crippen molar-refractivity contribution in [2.75, 3.05) is 18.4 Å². The molecule has 1 atom stereocenters. The van der Waals surface area contributed by atoms with Gasteiger partial charge in [-0.2, -0.15) is 5.10 Å². The summed E-state index contributed by atoms with van der Waals surface area (Å²) < 4.78 is 1.90. The third kappa shape index (κ3) is 2.44. The number of likely N-dealkylation sites (tertiary alicyclic amines) is 1. The maximum absolute atomic E-state index is 6.24. The summed E-state index contributed by atoms with van der Waals surface area (Å²) in [4.78, 5) is 2.45. The molecule has 1 fully saturated rings. The Labute approximate surface area is 110 Å². The van der Waals surface area contributed by atoms with E-state index in [0.29, 0.717) is 0 Å². The highest BCUT2D eigenvalue weighted by Crippen LogP contribution is 2.24. The second kappa shape index (κ2) is 5.07. The molecule has 0 amide bonds. The molecule has 2 heterocycles. The molecular formula is C11H17BrClN3. The van der Waals surface area contributed by atoms with Gasteiger partial charge < -0.3 is 0 Å². The zero-order valence-corrected chi connectivity index (χ0v) is 12.1. The molecule has 1 aromatic rings. The molecular weight excluding hydrogens is 289 g/mol. The number of hydrogen-bond acceptors (Lipinski definition) is 2. The van der Waals surface area contributed by atoms with E-state index in [-0.39, 0.29) is 0 Å². The summed E-state index contributed by atoms with van der Waals surface area (Å²) in [6.07, 6.45) is 1.28. The molecule has 0 spiro atoms. The van der Waals surface area contributed by atoms with Gasteiger partial charge in [0.1, 0.15) is 0 Å². The van der Waals surface area contributed by atoms with Crippen molar-refractivity contribution < 1.29 is 0 Å². The summed E-state index contributed by atoms with van der Waals surface area (Å²) in [6.45, 7) is 5.19. The lowest BCUT2D eigenvalue weighted by Crippen LogP contribution is -2.22. The van der Waals surface area contributed by atoms with Gasteiger partial charge in [-0.25, -0.2) is 0 Å². The molecule has 1 aromatic heterocycles. The van der Waals surface area contributed by atoms with Gasteiger partial charge in [0, 0.05) is 25.5 Å². The lowest BCUT2D eigenvalue weighted by molar-refractivity contribution is 0.312. The van der Waals surface area contributed by atoms with Crippen LogP contribution in [0.2, 0.25) is 5.02 Å². The Morgan fingerprint density at radius 3 is 2.81 bits per heavy atom. The summed E-state index contributed by atoms with van der Waals surface area (Å²) in [5, 5.41) is 6.26. The predicted molar refractivity (Wildman–Crippen MR) is 70.1 cm³/mol. The van der Waals surface area contributed by atoms with Gasteiger partial charge in [-0.1, -0.05) is 27.5 Å². The minimum atomic E-state index is 0.785. The van der Waals surface area contributed by atoms with E-state index in [9.17, 15) is 0 Å². The quantitative estimate of drug-likeness (QED) is 0.801. The van der Waals surface area contributed by atoms with Crippen LogP contribution in [0.4, 0.5) is 0 Å². The molecule has 3 nitrogen and oxygen atoms in total. The van der Waals surface area contributed by atoms with Gasteiger partial charge in [0.2, 0.25) is 0 Å². The minimum Gasteiger partial charge on any atom is -0.297 e. The topological polar surface area (TPSA) is 21.1 Å². The number of halogens is 2. The number of alkyl halides is 1. The predicted octanol–water partition coefficient (Wildman–Crippen LogP) is 2.60. The Kier molecular flexibility index (Phi) is 3.93. The third-order valence-corrected chi connectivity index (χ3v) is 4.63. The Bertz CT molecular complexity index is 378. The van der Waals surface area contributed by atoms with E-state index in [4.69, 9.17) is 11.6 Å². The molecule has 90 valence electrons. The van der Waals surface area contributed by atoms with Crippen LogP contribution < -0.4 is 0 Å². The second-order valence-electron chi connectivity index (χ2n) is 4.51. The van der Waals surface area contributed by atoms with Crippen molar-refractivity contribution in [3.05, 3.63) is 16.4 Å². The van der Waals surface area contributed by atoms with Crippen molar-refractivity contribution in [2.24, 2.45) is 13.0 Å². The SMILES string of the molecule is Cc1nn(C)c(CN2CCC(CBr)C2)c1Cl. The fourth-order valence-corrected chi connectivity index (χ4v) is 2.99. The Morgan fingerprint density at radius 1 is 1.56 bits per heavy atom. The Balaban J connectivity index is 2.04. The van der Waals surface area contributed by atoms with E-state index >= 15 is 0 Å². The smallest absolute Gasteiger partial charge is 0.0860 e. The van der Waals surface area contributed by atoms with Crippen LogP contribution in [-0.2, 0) is 13.6 Å². The van der Waals surface area contributed by atoms with Crippen molar-refractivity contribution >= 4 is 27.5 Å². The first-order chi connectivity index (χ1) is 7.61. The van der Waals surface area contributed by atoms with E-state index in [1.807, 2.05) is 18.7 Å². The van der Waals surface area contributed by atoms with Gasteiger partial charge >= 0.3 is 0 Å². The van der Waals surface area contributed by atoms with Crippen LogP contribution in [0, 0.1) is 12.8 Å². The van der Waals surface area contributed by atoms with Gasteiger partial charge in [-0.3, -0.25) is 9.58 Å². The largest absolute Gasteiger partial charge is 0.297 e. The van der Waals surface area contributed by atoms with Crippen LogP contribution in [0.1, 0.15) is 17.8 Å². The summed E-state index contributed by atoms with van der Waals surface area (Å²) in [5.74, 6) is 0.785. The van der Waals surface area contributed by atoms with Gasteiger partial charge in [0.25, 0.3) is 0 Å². The molecule has 0 saturated carbocycles. The first-order valence-electron chi connectivity index (χ1n) is 5.58. The average Bonchev–Trinajstić information content (AvgIpc) is 2.80. The molecule has 0 aliphatic carbocycles. The third-order valence-electron chi connectivity index (χ3n) is 3.22. The van der Waals surface area contributed by atoms with Crippen LogP contribution in [0.3, 0.4) is 0 Å². The van der Waals surface area contributed by atoms with Crippen molar-refractivity contribution in [1.29, 1.82) is 0 Å². The van der Waals surface area contributed by atoms with Crippen molar-refractivity contribution in [1.82, 2.24) is 14.7 Å². The summed E-state index contributed by atoms with van der Waals surface area (Å²) in [7, 11) is 1.96. The van der Waals surface area contributed by atoms with Crippen LogP contribution in [0.15, 0.2) is 0 Å². The van der Waals surface area contributed by atoms with Gasteiger partial charge in [-0.05, 0) is 25.8 Å². The van der Waals surface area contributed by atoms with Crippen molar-refractivity contribution in [3.8, 4) is 0 Å². The maximum atomic E-state index is 6.24. The standard InChI is InChI=1S/C11H17BrClN3/c1-8-11(13)10(15(2)14-8)7-16-4-3-9(5-12)6-16/h9H,3-7H2,1-2H3. The lowest BCUT2D eigenvalue weighted by Gasteiger charge is -2.15. The molecule has 0 N–H and O–H groups in total. The van der Waals surface area contributed by atoms with E-state index < -0.39 is 0 Å². The van der Waals surface area contributed by atoms with Gasteiger partial charge in [-0.15, -0.1) is 0 Å². The molecule has 1 aliphatic rings. The number of hydrogen-bond donors (Lipinski definition) is 0. The molecule has 1 unspecified atom stereocenters. The van der Waals surface area contributed by atoms with Crippen LogP contribution >= 0.6 is 27.5 Å². The number of rotatable bonds is 3. The molecule has 0 aromatic carbocycles. The van der Waals surface area contributed by atoms with E-state index in [0.717, 1.165) is 47.3 Å². The minimum absolute atomic E-state index is 0.785. The summed E-state index contributed by atoms with van der Waals surface area (Å²) in [5.41, 5.74) is 2.06. The normalized spacial score (nSPS) is 21.9. The highest BCUT2D eigenvalue weighted by atomic mass is 79.9. The van der Waals surface area contributed by atoms with Crippen molar-refractivity contribution in [2.45, 2.75) is 19.9 Å². The zero-order valence-electron chi connectivity index (χ0n) is 9.71. The fourth-order valence-electron chi connectivity index (χ4n) is 2.25. The highest BCUT2D eigenvalue weighted by molar-refractivity contribution is 9.09. The molecule has 0 bridgehead atoms. The molecule has 2 rings (SSSR count). The number of aromatic nitrogens is 2. The second-order valence-corrected chi connectivity index (χ2v) is 5.54. The molecule has 1 aliphatic heterocycles. The summed E-state index contributed by atoms with van der Waals surface area (Å²) >= 11 is 9.80. The lowest BCUT2D eigenvalue weighted by atomic mass is 10.2. The number of aryl methyl sites for hydroxylation is 2. The number of nitrogens with zero attached hydrogens (tertiary/aromatic N) is 3. The molecule has 16 heavy (non-hydrogen) atoms. The first kappa shape index (κ1) is 12.4. The average molecular weight is 307 g/mol. The van der Waals surface area contributed by atoms with Crippen LogP contribution in [-0.4, -0.2) is 33.1 Å².